The Labute approximate surface area is 184 Å². The van der Waals surface area contributed by atoms with E-state index in [-0.39, 0.29) is 25.0 Å². The maximum absolute atomic E-state index is 12.6. The second kappa shape index (κ2) is 13.2. The standard InChI is InChI=1S/C19H27N5O6S/c20-12(6-7-15(21)25)17(27)22-9-16(26)23-13(8-11-4-2-1-3-5-11)18(28)24-14(10-31)19(29)30/h1-5,12-14,31H,6-10,20H2,(H2,21,25)(H,22,27)(H,23,26)(H,24,28)(H,29,30). The maximum Gasteiger partial charge on any atom is 0.327 e. The summed E-state index contributed by atoms with van der Waals surface area (Å²) in [5, 5.41) is 16.2. The normalized spacial score (nSPS) is 13.4. The van der Waals surface area contributed by atoms with Gasteiger partial charge in [-0.2, -0.15) is 12.6 Å². The quantitative estimate of drug-likeness (QED) is 0.166. The fraction of sp³-hybridized carbons (Fsp3) is 0.421. The van der Waals surface area contributed by atoms with Crippen LogP contribution >= 0.6 is 12.6 Å². The van der Waals surface area contributed by atoms with Crippen LogP contribution in [-0.4, -0.2) is 65.1 Å². The number of benzene rings is 1. The number of hydrogen-bond acceptors (Lipinski definition) is 7. The molecule has 0 aliphatic rings. The molecule has 0 saturated heterocycles. The maximum atomic E-state index is 12.6. The number of nitrogens with two attached hydrogens (primary N) is 2. The molecule has 8 N–H and O–H groups in total. The zero-order chi connectivity index (χ0) is 23.4. The summed E-state index contributed by atoms with van der Waals surface area (Å²) in [6.07, 6.45) is 0.0571. The van der Waals surface area contributed by atoms with Gasteiger partial charge in [0.2, 0.25) is 23.6 Å². The van der Waals surface area contributed by atoms with Crippen molar-refractivity contribution in [1.82, 2.24) is 16.0 Å². The molecule has 0 aliphatic carbocycles. The van der Waals surface area contributed by atoms with Crippen molar-refractivity contribution in [3.05, 3.63) is 35.9 Å². The van der Waals surface area contributed by atoms with Crippen molar-refractivity contribution in [3.63, 3.8) is 0 Å². The lowest BCUT2D eigenvalue weighted by Gasteiger charge is -2.21. The predicted octanol–water partition coefficient (Wildman–Crippen LogP) is -2.08. The number of carbonyl (C=O) groups excluding carboxylic acids is 4. The number of aliphatic carboxylic acids is 1. The minimum atomic E-state index is -1.26. The van der Waals surface area contributed by atoms with Crippen molar-refractivity contribution >= 4 is 42.2 Å². The molecule has 0 spiro atoms. The molecule has 1 aromatic carbocycles. The minimum absolute atomic E-state index is 0.0299. The van der Waals surface area contributed by atoms with Crippen molar-refractivity contribution in [2.45, 2.75) is 37.4 Å². The van der Waals surface area contributed by atoms with Crippen LogP contribution in [0.25, 0.3) is 0 Å². The minimum Gasteiger partial charge on any atom is -0.480 e. The molecular formula is C19H27N5O6S. The second-order valence-electron chi connectivity index (χ2n) is 6.72. The van der Waals surface area contributed by atoms with Crippen molar-refractivity contribution in [1.29, 1.82) is 0 Å². The molecule has 3 atom stereocenters. The van der Waals surface area contributed by atoms with Gasteiger partial charge in [-0.1, -0.05) is 30.3 Å². The highest BCUT2D eigenvalue weighted by atomic mass is 32.1. The molecule has 0 saturated carbocycles. The Bertz CT molecular complexity index is 791. The molecule has 12 heteroatoms. The summed E-state index contributed by atoms with van der Waals surface area (Å²) in [7, 11) is 0. The topological polar surface area (TPSA) is 194 Å². The average Bonchev–Trinajstić information content (AvgIpc) is 2.73. The average molecular weight is 454 g/mol. The SMILES string of the molecule is NC(=O)CCC(N)C(=O)NCC(=O)NC(Cc1ccccc1)C(=O)NC(CS)C(=O)O. The third-order valence-corrected chi connectivity index (χ3v) is 4.56. The van der Waals surface area contributed by atoms with Gasteiger partial charge in [-0.15, -0.1) is 0 Å². The molecule has 11 nitrogen and oxygen atoms in total. The van der Waals surface area contributed by atoms with E-state index in [1.807, 2.05) is 0 Å². The zero-order valence-electron chi connectivity index (χ0n) is 16.7. The van der Waals surface area contributed by atoms with E-state index in [2.05, 4.69) is 28.6 Å². The molecule has 31 heavy (non-hydrogen) atoms. The van der Waals surface area contributed by atoms with E-state index in [1.54, 1.807) is 30.3 Å². The Morgan fingerprint density at radius 2 is 1.65 bits per heavy atom. The number of thiol groups is 1. The lowest BCUT2D eigenvalue weighted by Crippen LogP contribution is -2.54. The summed E-state index contributed by atoms with van der Waals surface area (Å²) in [6, 6.07) is 5.47. The fourth-order valence-electron chi connectivity index (χ4n) is 2.49. The van der Waals surface area contributed by atoms with E-state index in [4.69, 9.17) is 16.6 Å². The van der Waals surface area contributed by atoms with E-state index in [1.165, 1.54) is 0 Å². The second-order valence-corrected chi connectivity index (χ2v) is 7.09. The molecule has 0 aliphatic heterocycles. The summed E-state index contributed by atoms with van der Waals surface area (Å²) in [6.45, 7) is -0.462. The lowest BCUT2D eigenvalue weighted by atomic mass is 10.0. The Morgan fingerprint density at radius 1 is 1.00 bits per heavy atom. The van der Waals surface area contributed by atoms with Crippen LogP contribution in [0.15, 0.2) is 30.3 Å². The van der Waals surface area contributed by atoms with Gasteiger partial charge in [0.05, 0.1) is 12.6 Å². The van der Waals surface area contributed by atoms with E-state index >= 15 is 0 Å². The smallest absolute Gasteiger partial charge is 0.327 e. The number of carbonyl (C=O) groups is 5. The van der Waals surface area contributed by atoms with Crippen LogP contribution in [0.3, 0.4) is 0 Å². The molecule has 170 valence electrons. The number of carboxylic acids is 1. The fourth-order valence-corrected chi connectivity index (χ4v) is 2.74. The molecule has 0 heterocycles. The highest BCUT2D eigenvalue weighted by Crippen LogP contribution is 2.04. The molecular weight excluding hydrogens is 426 g/mol. The number of carboxylic acid groups (broad SMARTS) is 1. The summed E-state index contributed by atoms with van der Waals surface area (Å²) in [4.78, 5) is 58.7. The molecule has 1 rings (SSSR count). The molecule has 0 radical (unpaired) electrons. The summed E-state index contributed by atoms with van der Waals surface area (Å²) >= 11 is 3.90. The summed E-state index contributed by atoms with van der Waals surface area (Å²) in [5.41, 5.74) is 11.4. The molecule has 0 fully saturated rings. The predicted molar refractivity (Wildman–Crippen MR) is 115 cm³/mol. The number of amides is 4. The summed E-state index contributed by atoms with van der Waals surface area (Å²) < 4.78 is 0. The van der Waals surface area contributed by atoms with Gasteiger partial charge >= 0.3 is 5.97 Å². The van der Waals surface area contributed by atoms with Gasteiger partial charge < -0.3 is 32.5 Å². The van der Waals surface area contributed by atoms with Crippen molar-refractivity contribution in [2.24, 2.45) is 11.5 Å². The summed E-state index contributed by atoms with van der Waals surface area (Å²) in [5.74, 6) is -4.03. The number of nitrogens with one attached hydrogen (secondary N) is 3. The van der Waals surface area contributed by atoms with E-state index < -0.39 is 54.3 Å². The number of primary amides is 1. The van der Waals surface area contributed by atoms with E-state index in [0.29, 0.717) is 0 Å². The molecule has 0 aromatic heterocycles. The highest BCUT2D eigenvalue weighted by molar-refractivity contribution is 7.80. The van der Waals surface area contributed by atoms with Crippen molar-refractivity contribution < 1.29 is 29.1 Å². The van der Waals surface area contributed by atoms with Crippen LogP contribution < -0.4 is 27.4 Å². The monoisotopic (exact) mass is 453 g/mol. The van der Waals surface area contributed by atoms with Crippen LogP contribution in [-0.2, 0) is 30.4 Å². The first-order chi connectivity index (χ1) is 14.6. The van der Waals surface area contributed by atoms with Gasteiger partial charge in [-0.3, -0.25) is 19.2 Å². The van der Waals surface area contributed by atoms with Gasteiger partial charge in [0.1, 0.15) is 12.1 Å². The van der Waals surface area contributed by atoms with Gasteiger partial charge in [0.15, 0.2) is 0 Å². The van der Waals surface area contributed by atoms with Crippen LogP contribution in [0.2, 0.25) is 0 Å². The van der Waals surface area contributed by atoms with Gasteiger partial charge in [0.25, 0.3) is 0 Å². The van der Waals surface area contributed by atoms with E-state index in [0.717, 1.165) is 5.56 Å². The molecule has 4 amide bonds. The van der Waals surface area contributed by atoms with Crippen molar-refractivity contribution in [3.8, 4) is 0 Å². The van der Waals surface area contributed by atoms with Crippen molar-refractivity contribution in [2.75, 3.05) is 12.3 Å². The Kier molecular flexibility index (Phi) is 11.1. The van der Waals surface area contributed by atoms with Gasteiger partial charge in [-0.05, 0) is 12.0 Å². The van der Waals surface area contributed by atoms with E-state index in [9.17, 15) is 24.0 Å². The van der Waals surface area contributed by atoms with Gasteiger partial charge in [-0.25, -0.2) is 4.79 Å². The Balaban J connectivity index is 2.74. The third kappa shape index (κ3) is 9.96. The molecule has 0 bridgehead atoms. The lowest BCUT2D eigenvalue weighted by molar-refractivity contribution is -0.141. The van der Waals surface area contributed by atoms with Gasteiger partial charge in [0, 0.05) is 18.6 Å². The van der Waals surface area contributed by atoms with Crippen LogP contribution in [0.5, 0.6) is 0 Å². The third-order valence-electron chi connectivity index (χ3n) is 4.19. The first-order valence-corrected chi connectivity index (χ1v) is 10.1. The first-order valence-electron chi connectivity index (χ1n) is 9.43. The zero-order valence-corrected chi connectivity index (χ0v) is 17.6. The largest absolute Gasteiger partial charge is 0.480 e. The number of hydrogen-bond donors (Lipinski definition) is 7. The van der Waals surface area contributed by atoms with Crippen LogP contribution in [0.4, 0.5) is 0 Å². The first kappa shape index (κ1) is 25.9. The Morgan fingerprint density at radius 3 is 2.19 bits per heavy atom. The van der Waals surface area contributed by atoms with Crippen LogP contribution in [0, 0.1) is 0 Å². The number of rotatable bonds is 13. The molecule has 3 unspecified atom stereocenters. The molecule has 1 aromatic rings. The highest BCUT2D eigenvalue weighted by Gasteiger charge is 2.26. The Hall–Kier alpha value is -3.12. The van der Waals surface area contributed by atoms with Crippen LogP contribution in [0.1, 0.15) is 18.4 Å².